The molecule has 0 radical (unpaired) electrons. The summed E-state index contributed by atoms with van der Waals surface area (Å²) in [7, 11) is 0. The van der Waals surface area contributed by atoms with Gasteiger partial charge in [0.1, 0.15) is 0 Å². The molecule has 110 valence electrons. The summed E-state index contributed by atoms with van der Waals surface area (Å²) in [6, 6.07) is 0. The van der Waals surface area contributed by atoms with E-state index in [0.29, 0.717) is 0 Å². The highest BCUT2D eigenvalue weighted by atomic mass is 15.3. The van der Waals surface area contributed by atoms with Crippen molar-refractivity contribution in [3.05, 3.63) is 17.5 Å². The summed E-state index contributed by atoms with van der Waals surface area (Å²) in [4.78, 5) is 11.8. The molecule has 0 amide bonds. The number of nitrogens with zero attached hydrogens (tertiary/aromatic N) is 3. The lowest BCUT2D eigenvalue weighted by molar-refractivity contribution is 0.339. The first kappa shape index (κ1) is 13.8. The molecule has 1 aliphatic heterocycles. The molecule has 1 unspecified atom stereocenters. The number of aromatic nitrogens is 2. The Bertz CT molecular complexity index is 450. The Morgan fingerprint density at radius 1 is 1.30 bits per heavy atom. The average Bonchev–Trinajstić information content (AvgIpc) is 2.75. The molecule has 3 rings (SSSR count). The highest BCUT2D eigenvalue weighted by molar-refractivity contribution is 5.34. The maximum atomic E-state index is 4.86. The zero-order valence-corrected chi connectivity index (χ0v) is 12.7. The van der Waals surface area contributed by atoms with Gasteiger partial charge >= 0.3 is 0 Å². The van der Waals surface area contributed by atoms with Gasteiger partial charge in [0, 0.05) is 31.5 Å². The zero-order chi connectivity index (χ0) is 13.9. The lowest BCUT2D eigenvalue weighted by Crippen LogP contribution is -2.30. The maximum absolute atomic E-state index is 4.86. The van der Waals surface area contributed by atoms with Gasteiger partial charge in [-0.3, -0.25) is 0 Å². The Balaban J connectivity index is 1.76. The molecular formula is C16H26N4. The van der Waals surface area contributed by atoms with Gasteiger partial charge in [-0.1, -0.05) is 13.8 Å². The number of rotatable bonds is 2. The van der Waals surface area contributed by atoms with Crippen molar-refractivity contribution in [2.24, 2.45) is 11.8 Å². The van der Waals surface area contributed by atoms with E-state index < -0.39 is 0 Å². The molecule has 1 N–H and O–H groups in total. The Morgan fingerprint density at radius 3 is 3.05 bits per heavy atom. The predicted molar refractivity (Wildman–Crippen MR) is 82.1 cm³/mol. The van der Waals surface area contributed by atoms with Crippen LogP contribution < -0.4 is 10.2 Å². The van der Waals surface area contributed by atoms with Crippen LogP contribution in [0.2, 0.25) is 0 Å². The first-order valence-electron chi connectivity index (χ1n) is 8.04. The van der Waals surface area contributed by atoms with E-state index in [1.54, 1.807) is 0 Å². The van der Waals surface area contributed by atoms with Gasteiger partial charge < -0.3 is 10.2 Å². The standard InChI is InChI=1S/C16H26N4/c1-12(2)13-4-5-15-14(10-13)11-18-16(19-15)20-8-3-6-17-7-9-20/h11-13,17H,3-10H2,1-2H3. The summed E-state index contributed by atoms with van der Waals surface area (Å²) in [5.41, 5.74) is 2.68. The fraction of sp³-hybridized carbons (Fsp3) is 0.750. The quantitative estimate of drug-likeness (QED) is 0.896. The lowest BCUT2D eigenvalue weighted by Gasteiger charge is -2.28. The number of aryl methyl sites for hydroxylation is 1. The molecule has 1 aromatic rings. The average molecular weight is 274 g/mol. The summed E-state index contributed by atoms with van der Waals surface area (Å²) < 4.78 is 0. The zero-order valence-electron chi connectivity index (χ0n) is 12.7. The van der Waals surface area contributed by atoms with Crippen molar-refractivity contribution >= 4 is 5.95 Å². The van der Waals surface area contributed by atoms with E-state index in [1.807, 2.05) is 0 Å². The fourth-order valence-electron chi connectivity index (χ4n) is 3.29. The van der Waals surface area contributed by atoms with Gasteiger partial charge in [-0.25, -0.2) is 9.97 Å². The molecule has 4 nitrogen and oxygen atoms in total. The molecule has 1 fully saturated rings. The van der Waals surface area contributed by atoms with Crippen LogP contribution in [0, 0.1) is 11.8 Å². The Morgan fingerprint density at radius 2 is 2.20 bits per heavy atom. The summed E-state index contributed by atoms with van der Waals surface area (Å²) in [6.45, 7) is 8.89. The first-order valence-corrected chi connectivity index (χ1v) is 8.04. The molecule has 0 spiro atoms. The van der Waals surface area contributed by atoms with Crippen LogP contribution in [0.4, 0.5) is 5.95 Å². The summed E-state index contributed by atoms with van der Waals surface area (Å²) in [6.07, 6.45) is 6.83. The van der Waals surface area contributed by atoms with E-state index in [2.05, 4.69) is 35.2 Å². The predicted octanol–water partition coefficient (Wildman–Crippen LogP) is 2.04. The van der Waals surface area contributed by atoms with Crippen molar-refractivity contribution < 1.29 is 0 Å². The van der Waals surface area contributed by atoms with Gasteiger partial charge in [0.05, 0.1) is 0 Å². The van der Waals surface area contributed by atoms with Gasteiger partial charge in [-0.05, 0) is 49.6 Å². The van der Waals surface area contributed by atoms with Crippen LogP contribution in [0.1, 0.15) is 37.9 Å². The third-order valence-electron chi connectivity index (χ3n) is 4.74. The topological polar surface area (TPSA) is 41.1 Å². The molecule has 0 bridgehead atoms. The van der Waals surface area contributed by atoms with Crippen molar-refractivity contribution in [1.82, 2.24) is 15.3 Å². The van der Waals surface area contributed by atoms with Crippen molar-refractivity contribution in [3.63, 3.8) is 0 Å². The molecule has 0 saturated carbocycles. The third-order valence-corrected chi connectivity index (χ3v) is 4.74. The van der Waals surface area contributed by atoms with E-state index in [1.165, 1.54) is 24.1 Å². The highest BCUT2D eigenvalue weighted by Crippen LogP contribution is 2.29. The number of hydrogen-bond donors (Lipinski definition) is 1. The van der Waals surface area contributed by atoms with Gasteiger partial charge in [0.2, 0.25) is 5.95 Å². The Hall–Kier alpha value is -1.16. The van der Waals surface area contributed by atoms with Crippen LogP contribution in [0.15, 0.2) is 6.20 Å². The van der Waals surface area contributed by atoms with Crippen LogP contribution >= 0.6 is 0 Å². The third kappa shape index (κ3) is 2.95. The molecule has 1 atom stereocenters. The van der Waals surface area contributed by atoms with Crippen LogP contribution in [-0.4, -0.2) is 36.1 Å². The molecule has 1 saturated heterocycles. The molecule has 4 heteroatoms. The maximum Gasteiger partial charge on any atom is 0.225 e. The minimum atomic E-state index is 0.763. The van der Waals surface area contributed by atoms with Crippen molar-refractivity contribution in [2.75, 3.05) is 31.1 Å². The van der Waals surface area contributed by atoms with E-state index in [0.717, 1.165) is 56.8 Å². The van der Waals surface area contributed by atoms with E-state index in [-0.39, 0.29) is 0 Å². The van der Waals surface area contributed by atoms with Crippen LogP contribution in [0.5, 0.6) is 0 Å². The molecule has 2 heterocycles. The van der Waals surface area contributed by atoms with E-state index in [4.69, 9.17) is 4.98 Å². The fourth-order valence-corrected chi connectivity index (χ4v) is 3.29. The SMILES string of the molecule is CC(C)C1CCc2nc(N3CCCNCC3)ncc2C1. The second-order valence-corrected chi connectivity index (χ2v) is 6.48. The summed E-state index contributed by atoms with van der Waals surface area (Å²) >= 11 is 0. The molecule has 20 heavy (non-hydrogen) atoms. The Kier molecular flexibility index (Phi) is 4.20. The minimum absolute atomic E-state index is 0.763. The van der Waals surface area contributed by atoms with E-state index >= 15 is 0 Å². The van der Waals surface area contributed by atoms with Gasteiger partial charge in [0.15, 0.2) is 0 Å². The van der Waals surface area contributed by atoms with Crippen LogP contribution in [-0.2, 0) is 12.8 Å². The number of anilines is 1. The molecule has 1 aliphatic carbocycles. The van der Waals surface area contributed by atoms with Gasteiger partial charge in [-0.15, -0.1) is 0 Å². The number of hydrogen-bond acceptors (Lipinski definition) is 4. The monoisotopic (exact) mass is 274 g/mol. The second-order valence-electron chi connectivity index (χ2n) is 6.48. The van der Waals surface area contributed by atoms with Crippen molar-refractivity contribution in [3.8, 4) is 0 Å². The van der Waals surface area contributed by atoms with Crippen LogP contribution in [0.3, 0.4) is 0 Å². The normalized spacial score (nSPS) is 23.6. The summed E-state index contributed by atoms with van der Waals surface area (Å²) in [5.74, 6) is 2.51. The Labute approximate surface area is 122 Å². The van der Waals surface area contributed by atoms with Crippen LogP contribution in [0.25, 0.3) is 0 Å². The molecule has 2 aliphatic rings. The van der Waals surface area contributed by atoms with E-state index in [9.17, 15) is 0 Å². The largest absolute Gasteiger partial charge is 0.339 e. The number of nitrogens with one attached hydrogen (secondary N) is 1. The lowest BCUT2D eigenvalue weighted by atomic mass is 9.80. The van der Waals surface area contributed by atoms with Gasteiger partial charge in [-0.2, -0.15) is 0 Å². The molecule has 1 aromatic heterocycles. The minimum Gasteiger partial charge on any atom is -0.339 e. The second kappa shape index (κ2) is 6.08. The first-order chi connectivity index (χ1) is 9.74. The number of fused-ring (bicyclic) bond motifs is 1. The summed E-state index contributed by atoms with van der Waals surface area (Å²) in [5, 5.41) is 3.43. The van der Waals surface area contributed by atoms with Gasteiger partial charge in [0.25, 0.3) is 0 Å². The van der Waals surface area contributed by atoms with Crippen molar-refractivity contribution in [1.29, 1.82) is 0 Å². The highest BCUT2D eigenvalue weighted by Gasteiger charge is 2.23. The smallest absolute Gasteiger partial charge is 0.225 e. The molecular weight excluding hydrogens is 248 g/mol. The molecule has 0 aromatic carbocycles. The van der Waals surface area contributed by atoms with Crippen molar-refractivity contribution in [2.45, 2.75) is 39.5 Å².